The number of hydrogen-bond acceptors (Lipinski definition) is 4. The summed E-state index contributed by atoms with van der Waals surface area (Å²) in [6.45, 7) is 7.17. The molecule has 4 heteroatoms. The van der Waals surface area contributed by atoms with Crippen molar-refractivity contribution in [3.05, 3.63) is 24.3 Å². The molecule has 0 aromatic rings. The SMILES string of the molecule is CC=CC=CCCC1C=NC(NCCCNCC)N=C1. The fourth-order valence-electron chi connectivity index (χ4n) is 1.91. The van der Waals surface area contributed by atoms with Crippen molar-refractivity contribution in [2.75, 3.05) is 19.6 Å². The lowest BCUT2D eigenvalue weighted by Gasteiger charge is -2.16. The molecule has 20 heavy (non-hydrogen) atoms. The van der Waals surface area contributed by atoms with Gasteiger partial charge in [-0.2, -0.15) is 0 Å². The molecule has 0 radical (unpaired) electrons. The monoisotopic (exact) mass is 276 g/mol. The van der Waals surface area contributed by atoms with E-state index < -0.39 is 0 Å². The molecule has 0 bridgehead atoms. The van der Waals surface area contributed by atoms with Gasteiger partial charge in [0.15, 0.2) is 6.29 Å². The lowest BCUT2D eigenvalue weighted by Crippen LogP contribution is -2.31. The Morgan fingerprint density at radius 3 is 2.65 bits per heavy atom. The van der Waals surface area contributed by atoms with Crippen molar-refractivity contribution in [2.24, 2.45) is 15.9 Å². The average Bonchev–Trinajstić information content (AvgIpc) is 2.48. The summed E-state index contributed by atoms with van der Waals surface area (Å²) < 4.78 is 0. The van der Waals surface area contributed by atoms with Crippen LogP contribution in [0.1, 0.15) is 33.1 Å². The van der Waals surface area contributed by atoms with Crippen molar-refractivity contribution < 1.29 is 0 Å². The van der Waals surface area contributed by atoms with E-state index >= 15 is 0 Å². The number of allylic oxidation sites excluding steroid dienone is 4. The van der Waals surface area contributed by atoms with Crippen LogP contribution < -0.4 is 10.6 Å². The Bertz CT molecular complexity index is 330. The Balaban J connectivity index is 2.10. The highest BCUT2D eigenvalue weighted by Gasteiger charge is 2.10. The molecule has 0 aromatic heterocycles. The lowest BCUT2D eigenvalue weighted by molar-refractivity contribution is 0.520. The third kappa shape index (κ3) is 8.02. The molecule has 0 amide bonds. The Morgan fingerprint density at radius 2 is 1.95 bits per heavy atom. The van der Waals surface area contributed by atoms with Gasteiger partial charge in [-0.25, -0.2) is 0 Å². The van der Waals surface area contributed by atoms with E-state index in [1.54, 1.807) is 0 Å². The average molecular weight is 276 g/mol. The number of nitrogens with one attached hydrogen (secondary N) is 2. The van der Waals surface area contributed by atoms with E-state index in [0.717, 1.165) is 38.9 Å². The van der Waals surface area contributed by atoms with Crippen LogP contribution in [-0.2, 0) is 0 Å². The number of aliphatic imine (C=N–C) groups is 2. The van der Waals surface area contributed by atoms with Crippen LogP contribution in [0.4, 0.5) is 0 Å². The molecule has 0 aromatic carbocycles. The van der Waals surface area contributed by atoms with E-state index in [0.29, 0.717) is 5.92 Å². The highest BCUT2D eigenvalue weighted by molar-refractivity contribution is 5.85. The lowest BCUT2D eigenvalue weighted by atomic mass is 10.1. The molecule has 4 nitrogen and oxygen atoms in total. The van der Waals surface area contributed by atoms with Gasteiger partial charge in [0.05, 0.1) is 0 Å². The zero-order valence-electron chi connectivity index (χ0n) is 12.8. The topological polar surface area (TPSA) is 48.8 Å². The molecule has 112 valence electrons. The molecular weight excluding hydrogens is 248 g/mol. The van der Waals surface area contributed by atoms with Gasteiger partial charge in [-0.15, -0.1) is 0 Å². The molecule has 1 heterocycles. The maximum absolute atomic E-state index is 4.45. The molecule has 0 spiro atoms. The van der Waals surface area contributed by atoms with Gasteiger partial charge in [0.1, 0.15) is 0 Å². The van der Waals surface area contributed by atoms with Crippen molar-refractivity contribution >= 4 is 12.4 Å². The van der Waals surface area contributed by atoms with Crippen LogP contribution in [0.15, 0.2) is 34.3 Å². The minimum Gasteiger partial charge on any atom is -0.317 e. The van der Waals surface area contributed by atoms with Crippen LogP contribution in [0.2, 0.25) is 0 Å². The van der Waals surface area contributed by atoms with Gasteiger partial charge in [0.25, 0.3) is 0 Å². The first-order valence-corrected chi connectivity index (χ1v) is 7.65. The van der Waals surface area contributed by atoms with Gasteiger partial charge in [-0.3, -0.25) is 15.3 Å². The molecule has 1 aliphatic heterocycles. The summed E-state index contributed by atoms with van der Waals surface area (Å²) in [4.78, 5) is 8.90. The molecule has 0 aliphatic carbocycles. The number of rotatable bonds is 10. The van der Waals surface area contributed by atoms with Crippen molar-refractivity contribution in [1.29, 1.82) is 0 Å². The fourth-order valence-corrected chi connectivity index (χ4v) is 1.91. The second kappa shape index (κ2) is 11.6. The minimum atomic E-state index is -0.0774. The van der Waals surface area contributed by atoms with Crippen LogP contribution in [0.3, 0.4) is 0 Å². The van der Waals surface area contributed by atoms with E-state index in [1.807, 2.05) is 25.4 Å². The molecule has 0 saturated heterocycles. The highest BCUT2D eigenvalue weighted by atomic mass is 15.2. The summed E-state index contributed by atoms with van der Waals surface area (Å²) in [7, 11) is 0. The van der Waals surface area contributed by atoms with Crippen LogP contribution in [0, 0.1) is 5.92 Å². The van der Waals surface area contributed by atoms with Crippen LogP contribution >= 0.6 is 0 Å². The zero-order valence-corrected chi connectivity index (χ0v) is 12.8. The van der Waals surface area contributed by atoms with Crippen LogP contribution in [-0.4, -0.2) is 38.4 Å². The summed E-state index contributed by atoms with van der Waals surface area (Å²) in [6, 6.07) is 0. The number of hydrogen-bond donors (Lipinski definition) is 2. The largest absolute Gasteiger partial charge is 0.317 e. The summed E-state index contributed by atoms with van der Waals surface area (Å²) in [5.74, 6) is 0.380. The second-order valence-corrected chi connectivity index (χ2v) is 4.83. The maximum Gasteiger partial charge on any atom is 0.192 e. The third-order valence-electron chi connectivity index (χ3n) is 3.05. The maximum atomic E-state index is 4.45. The Hall–Kier alpha value is -1.26. The van der Waals surface area contributed by atoms with Gasteiger partial charge in [-0.1, -0.05) is 31.2 Å². The number of nitrogens with zero attached hydrogens (tertiary/aromatic N) is 2. The molecule has 0 atom stereocenters. The Kier molecular flexibility index (Phi) is 9.70. The van der Waals surface area contributed by atoms with E-state index in [1.165, 1.54) is 0 Å². The smallest absolute Gasteiger partial charge is 0.192 e. The second-order valence-electron chi connectivity index (χ2n) is 4.83. The summed E-state index contributed by atoms with van der Waals surface area (Å²) in [5, 5.41) is 6.63. The first-order valence-electron chi connectivity index (χ1n) is 7.65. The van der Waals surface area contributed by atoms with Gasteiger partial charge in [0, 0.05) is 24.9 Å². The van der Waals surface area contributed by atoms with Crippen LogP contribution in [0.5, 0.6) is 0 Å². The van der Waals surface area contributed by atoms with E-state index in [-0.39, 0.29) is 6.29 Å². The van der Waals surface area contributed by atoms with Crippen molar-refractivity contribution in [2.45, 2.75) is 39.4 Å². The molecule has 0 saturated carbocycles. The Morgan fingerprint density at radius 1 is 1.15 bits per heavy atom. The third-order valence-corrected chi connectivity index (χ3v) is 3.05. The molecular formula is C16H28N4. The van der Waals surface area contributed by atoms with Crippen molar-refractivity contribution in [1.82, 2.24) is 10.6 Å². The fraction of sp³-hybridized carbons (Fsp3) is 0.625. The minimum absolute atomic E-state index is 0.0774. The highest BCUT2D eigenvalue weighted by Crippen LogP contribution is 2.07. The van der Waals surface area contributed by atoms with Crippen molar-refractivity contribution in [3.63, 3.8) is 0 Å². The predicted molar refractivity (Wildman–Crippen MR) is 88.6 cm³/mol. The quantitative estimate of drug-likeness (QED) is 0.476. The van der Waals surface area contributed by atoms with Crippen molar-refractivity contribution in [3.8, 4) is 0 Å². The molecule has 1 rings (SSSR count). The van der Waals surface area contributed by atoms with E-state index in [9.17, 15) is 0 Å². The Labute approximate surface area is 123 Å². The zero-order chi connectivity index (χ0) is 14.5. The summed E-state index contributed by atoms with van der Waals surface area (Å²) in [5.41, 5.74) is 0. The van der Waals surface area contributed by atoms with Gasteiger partial charge in [-0.05, 0) is 39.3 Å². The summed E-state index contributed by atoms with van der Waals surface area (Å²) >= 11 is 0. The molecule has 2 N–H and O–H groups in total. The molecule has 1 aliphatic rings. The standard InChI is InChI=1S/C16H28N4/c1-3-5-6-7-8-10-15-13-19-16(20-14-15)18-12-9-11-17-4-2/h3,5-7,13-18H,4,8-12H2,1-2H3. The van der Waals surface area contributed by atoms with Crippen LogP contribution in [0.25, 0.3) is 0 Å². The summed E-state index contributed by atoms with van der Waals surface area (Å²) in [6.07, 6.45) is 15.6. The first kappa shape index (κ1) is 16.8. The predicted octanol–water partition coefficient (Wildman–Crippen LogP) is 2.54. The van der Waals surface area contributed by atoms with E-state index in [2.05, 4.69) is 45.8 Å². The molecule has 0 unspecified atom stereocenters. The normalized spacial score (nSPS) is 22.3. The van der Waals surface area contributed by atoms with Gasteiger partial charge >= 0.3 is 0 Å². The first-order chi connectivity index (χ1) is 9.86. The van der Waals surface area contributed by atoms with Gasteiger partial charge in [0.2, 0.25) is 0 Å². The van der Waals surface area contributed by atoms with Gasteiger partial charge < -0.3 is 5.32 Å². The molecule has 0 fully saturated rings. The van der Waals surface area contributed by atoms with E-state index in [4.69, 9.17) is 0 Å².